The van der Waals surface area contributed by atoms with E-state index >= 15 is 0 Å². The molecule has 0 saturated heterocycles. The first-order valence-corrected chi connectivity index (χ1v) is 5.00. The summed E-state index contributed by atoms with van der Waals surface area (Å²) in [6.45, 7) is 1.90. The van der Waals surface area contributed by atoms with Gasteiger partial charge in [-0.2, -0.15) is 0 Å². The fraction of sp³-hybridized carbons (Fsp3) is 0.250. The van der Waals surface area contributed by atoms with Crippen molar-refractivity contribution in [1.29, 1.82) is 0 Å². The molecule has 0 spiro atoms. The number of fused-ring (bicyclic) bond motifs is 1. The van der Waals surface area contributed by atoms with Crippen LogP contribution in [0, 0.1) is 0 Å². The molecule has 0 aliphatic heterocycles. The fourth-order valence-corrected chi connectivity index (χ4v) is 1.83. The van der Waals surface area contributed by atoms with Gasteiger partial charge < -0.3 is 14.3 Å². The first kappa shape index (κ1) is 10.5. The summed E-state index contributed by atoms with van der Waals surface area (Å²) >= 11 is 0. The maximum Gasteiger partial charge on any atom is 0.372 e. The standard InChI is InChI=1S/C12H12O4/c1-3-7-8-5-4-6-9(15-2)10(8)16-11(7)12(13)14/h4-6H,3H2,1-2H3,(H,13,14). The van der Waals surface area contributed by atoms with Crippen molar-refractivity contribution < 1.29 is 19.1 Å². The van der Waals surface area contributed by atoms with Gasteiger partial charge in [-0.05, 0) is 12.5 Å². The molecule has 0 aliphatic carbocycles. The molecule has 1 aromatic heterocycles. The predicted molar refractivity (Wildman–Crippen MR) is 59.1 cm³/mol. The molecule has 0 aliphatic rings. The third-order valence-electron chi connectivity index (χ3n) is 2.55. The van der Waals surface area contributed by atoms with Crippen LogP contribution in [0.25, 0.3) is 11.0 Å². The number of methoxy groups -OCH3 is 1. The number of ether oxygens (including phenoxy) is 1. The van der Waals surface area contributed by atoms with Crippen LogP contribution in [0.15, 0.2) is 22.6 Å². The van der Waals surface area contributed by atoms with Gasteiger partial charge in [-0.1, -0.05) is 19.1 Å². The minimum Gasteiger partial charge on any atom is -0.493 e. The summed E-state index contributed by atoms with van der Waals surface area (Å²) < 4.78 is 10.5. The van der Waals surface area contributed by atoms with Crippen LogP contribution in [0.3, 0.4) is 0 Å². The summed E-state index contributed by atoms with van der Waals surface area (Å²) in [5, 5.41) is 9.83. The quantitative estimate of drug-likeness (QED) is 0.863. The highest BCUT2D eigenvalue weighted by molar-refractivity contribution is 5.97. The molecule has 1 N–H and O–H groups in total. The van der Waals surface area contributed by atoms with Crippen molar-refractivity contribution in [3.8, 4) is 5.75 Å². The smallest absolute Gasteiger partial charge is 0.372 e. The van der Waals surface area contributed by atoms with Gasteiger partial charge in [-0.15, -0.1) is 0 Å². The molecule has 16 heavy (non-hydrogen) atoms. The predicted octanol–water partition coefficient (Wildman–Crippen LogP) is 2.70. The van der Waals surface area contributed by atoms with Crippen LogP contribution < -0.4 is 4.74 Å². The summed E-state index contributed by atoms with van der Waals surface area (Å²) in [7, 11) is 1.53. The number of hydrogen-bond acceptors (Lipinski definition) is 3. The van der Waals surface area contributed by atoms with Crippen molar-refractivity contribution in [2.45, 2.75) is 13.3 Å². The van der Waals surface area contributed by atoms with Crippen molar-refractivity contribution in [3.05, 3.63) is 29.5 Å². The van der Waals surface area contributed by atoms with Gasteiger partial charge in [0.15, 0.2) is 11.3 Å². The number of carboxylic acids is 1. The maximum atomic E-state index is 11.0. The number of furan rings is 1. The van der Waals surface area contributed by atoms with E-state index in [2.05, 4.69) is 0 Å². The number of rotatable bonds is 3. The molecule has 0 bridgehead atoms. The van der Waals surface area contributed by atoms with Crippen LogP contribution in [0.4, 0.5) is 0 Å². The Bertz CT molecular complexity index is 539. The normalized spacial score (nSPS) is 10.6. The van der Waals surface area contributed by atoms with Gasteiger partial charge in [-0.25, -0.2) is 4.79 Å². The zero-order chi connectivity index (χ0) is 11.7. The Balaban J connectivity index is 2.80. The third-order valence-corrected chi connectivity index (χ3v) is 2.55. The minimum atomic E-state index is -1.05. The van der Waals surface area contributed by atoms with E-state index in [9.17, 15) is 4.79 Å². The molecule has 84 valence electrons. The van der Waals surface area contributed by atoms with E-state index in [1.807, 2.05) is 19.1 Å². The molecule has 1 aromatic carbocycles. The second kappa shape index (κ2) is 3.89. The molecule has 0 saturated carbocycles. The van der Waals surface area contributed by atoms with Crippen molar-refractivity contribution in [1.82, 2.24) is 0 Å². The summed E-state index contributed by atoms with van der Waals surface area (Å²) in [5.74, 6) is -0.489. The van der Waals surface area contributed by atoms with Crippen molar-refractivity contribution in [3.63, 3.8) is 0 Å². The molecule has 2 rings (SSSR count). The molecule has 4 heteroatoms. The fourth-order valence-electron chi connectivity index (χ4n) is 1.83. The van der Waals surface area contributed by atoms with Crippen LogP contribution in [-0.2, 0) is 6.42 Å². The van der Waals surface area contributed by atoms with Crippen LogP contribution in [0.5, 0.6) is 5.75 Å². The molecule has 0 fully saturated rings. The van der Waals surface area contributed by atoms with Crippen molar-refractivity contribution in [2.75, 3.05) is 7.11 Å². The number of hydrogen-bond donors (Lipinski definition) is 1. The van der Waals surface area contributed by atoms with E-state index in [0.29, 0.717) is 23.3 Å². The summed E-state index contributed by atoms with van der Waals surface area (Å²) in [5.41, 5.74) is 1.21. The Hall–Kier alpha value is -1.97. The SMILES string of the molecule is CCc1c(C(=O)O)oc2c(OC)cccc12. The topological polar surface area (TPSA) is 59.7 Å². The Morgan fingerprint density at radius 1 is 1.50 bits per heavy atom. The number of carboxylic acid groups (broad SMARTS) is 1. The lowest BCUT2D eigenvalue weighted by Gasteiger charge is -1.98. The zero-order valence-electron chi connectivity index (χ0n) is 9.11. The van der Waals surface area contributed by atoms with E-state index in [1.165, 1.54) is 7.11 Å². The maximum absolute atomic E-state index is 11.0. The van der Waals surface area contributed by atoms with Gasteiger partial charge in [0, 0.05) is 10.9 Å². The van der Waals surface area contributed by atoms with Gasteiger partial charge in [0.05, 0.1) is 7.11 Å². The number of benzene rings is 1. The van der Waals surface area contributed by atoms with Crippen molar-refractivity contribution in [2.24, 2.45) is 0 Å². The van der Waals surface area contributed by atoms with Gasteiger partial charge in [0.2, 0.25) is 5.76 Å². The number of carbonyl (C=O) groups is 1. The lowest BCUT2D eigenvalue weighted by Crippen LogP contribution is -1.97. The highest BCUT2D eigenvalue weighted by atomic mass is 16.5. The molecule has 4 nitrogen and oxygen atoms in total. The Kier molecular flexibility index (Phi) is 2.56. The Morgan fingerprint density at radius 2 is 2.25 bits per heavy atom. The average Bonchev–Trinajstić information content (AvgIpc) is 2.67. The van der Waals surface area contributed by atoms with E-state index in [4.69, 9.17) is 14.3 Å². The second-order valence-electron chi connectivity index (χ2n) is 3.41. The average molecular weight is 220 g/mol. The van der Waals surface area contributed by atoms with Crippen molar-refractivity contribution >= 4 is 16.9 Å². The van der Waals surface area contributed by atoms with E-state index in [0.717, 1.165) is 5.39 Å². The molecular formula is C12H12O4. The molecule has 0 radical (unpaired) electrons. The molecule has 2 aromatic rings. The van der Waals surface area contributed by atoms with Crippen LogP contribution in [0.1, 0.15) is 23.0 Å². The lowest BCUT2D eigenvalue weighted by molar-refractivity contribution is 0.0663. The third kappa shape index (κ3) is 1.43. The van der Waals surface area contributed by atoms with Crippen LogP contribution in [0.2, 0.25) is 0 Å². The molecule has 0 atom stereocenters. The number of aryl methyl sites for hydroxylation is 1. The molecule has 0 unspecified atom stereocenters. The highest BCUT2D eigenvalue weighted by Gasteiger charge is 2.20. The van der Waals surface area contributed by atoms with Gasteiger partial charge >= 0.3 is 5.97 Å². The van der Waals surface area contributed by atoms with Gasteiger partial charge in [-0.3, -0.25) is 0 Å². The van der Waals surface area contributed by atoms with E-state index in [-0.39, 0.29) is 5.76 Å². The summed E-state index contributed by atoms with van der Waals surface area (Å²) in [6, 6.07) is 5.41. The molecule has 0 amide bonds. The zero-order valence-corrected chi connectivity index (χ0v) is 9.11. The minimum absolute atomic E-state index is 0.00185. The Morgan fingerprint density at radius 3 is 2.81 bits per heavy atom. The van der Waals surface area contributed by atoms with E-state index < -0.39 is 5.97 Å². The molecular weight excluding hydrogens is 208 g/mol. The van der Waals surface area contributed by atoms with Crippen LogP contribution in [-0.4, -0.2) is 18.2 Å². The first-order chi connectivity index (χ1) is 7.69. The van der Waals surface area contributed by atoms with Gasteiger partial charge in [0.25, 0.3) is 0 Å². The summed E-state index contributed by atoms with van der Waals surface area (Å²) in [4.78, 5) is 11.0. The summed E-state index contributed by atoms with van der Waals surface area (Å²) in [6.07, 6.45) is 0.613. The van der Waals surface area contributed by atoms with E-state index in [1.54, 1.807) is 6.07 Å². The largest absolute Gasteiger partial charge is 0.493 e. The first-order valence-electron chi connectivity index (χ1n) is 5.00. The highest BCUT2D eigenvalue weighted by Crippen LogP contribution is 2.32. The number of aromatic carboxylic acids is 1. The van der Waals surface area contributed by atoms with Crippen LogP contribution >= 0.6 is 0 Å². The Labute approximate surface area is 92.4 Å². The second-order valence-corrected chi connectivity index (χ2v) is 3.41. The number of para-hydroxylation sites is 1. The monoisotopic (exact) mass is 220 g/mol. The lowest BCUT2D eigenvalue weighted by atomic mass is 10.1. The molecule has 1 heterocycles. The van der Waals surface area contributed by atoms with Gasteiger partial charge in [0.1, 0.15) is 0 Å².